The first-order valence-electron chi connectivity index (χ1n) is 8.75. The molecule has 0 spiro atoms. The van der Waals surface area contributed by atoms with E-state index in [-0.39, 0.29) is 11.7 Å². The number of methoxy groups -OCH3 is 1. The monoisotopic (exact) mass is 414 g/mol. The molecular formula is C21H19ClN2O5. The van der Waals surface area contributed by atoms with Crippen molar-refractivity contribution < 1.29 is 24.1 Å². The molecule has 0 saturated heterocycles. The molecule has 0 aliphatic rings. The number of carboxylic acids is 1. The second-order valence-corrected chi connectivity index (χ2v) is 6.71. The lowest BCUT2D eigenvalue weighted by Gasteiger charge is -2.15. The summed E-state index contributed by atoms with van der Waals surface area (Å²) >= 11 is 6.24. The quantitative estimate of drug-likeness (QED) is 0.576. The first kappa shape index (κ1) is 20.4. The topological polar surface area (TPSA) is 90.8 Å². The van der Waals surface area contributed by atoms with E-state index in [1.54, 1.807) is 30.5 Å². The largest absolute Gasteiger partial charge is 0.481 e. The molecule has 0 fully saturated rings. The second-order valence-electron chi connectivity index (χ2n) is 6.30. The lowest BCUT2D eigenvalue weighted by molar-refractivity contribution is 0.0697. The van der Waals surface area contributed by atoms with E-state index >= 15 is 0 Å². The molecule has 0 aliphatic heterocycles. The number of rotatable bonds is 7. The highest BCUT2D eigenvalue weighted by Crippen LogP contribution is 2.39. The van der Waals surface area contributed by atoms with E-state index in [1.807, 2.05) is 13.8 Å². The predicted molar refractivity (Wildman–Crippen MR) is 108 cm³/mol. The van der Waals surface area contributed by atoms with Gasteiger partial charge in [0.05, 0.1) is 25.0 Å². The summed E-state index contributed by atoms with van der Waals surface area (Å²) in [5.41, 5.74) is 1.20. The van der Waals surface area contributed by atoms with Gasteiger partial charge >= 0.3 is 5.97 Å². The molecule has 7 nitrogen and oxygen atoms in total. The zero-order valence-electron chi connectivity index (χ0n) is 16.0. The minimum atomic E-state index is -1.06. The van der Waals surface area contributed by atoms with Gasteiger partial charge in [0, 0.05) is 23.4 Å². The summed E-state index contributed by atoms with van der Waals surface area (Å²) in [6, 6.07) is 9.60. The highest BCUT2D eigenvalue weighted by atomic mass is 35.5. The number of ether oxygens (including phenoxy) is 3. The molecule has 0 saturated carbocycles. The van der Waals surface area contributed by atoms with Crippen molar-refractivity contribution in [3.63, 3.8) is 0 Å². The number of aromatic carboxylic acids is 1. The number of carbonyl (C=O) groups is 1. The molecule has 0 aliphatic carbocycles. The maximum Gasteiger partial charge on any atom is 0.335 e. The summed E-state index contributed by atoms with van der Waals surface area (Å²) in [6.45, 7) is 3.75. The van der Waals surface area contributed by atoms with Gasteiger partial charge in [-0.05, 0) is 44.2 Å². The normalized spacial score (nSPS) is 10.7. The molecule has 8 heteroatoms. The van der Waals surface area contributed by atoms with E-state index in [2.05, 4.69) is 9.97 Å². The third-order valence-electron chi connectivity index (χ3n) is 3.84. The molecule has 3 rings (SSSR count). The molecule has 1 aromatic carbocycles. The van der Waals surface area contributed by atoms with Gasteiger partial charge in [-0.3, -0.25) is 0 Å². The van der Waals surface area contributed by atoms with Gasteiger partial charge in [-0.15, -0.1) is 0 Å². The van der Waals surface area contributed by atoms with Crippen LogP contribution in [0.3, 0.4) is 0 Å². The second kappa shape index (κ2) is 8.79. The molecule has 0 bridgehead atoms. The average Bonchev–Trinajstić information content (AvgIpc) is 2.70. The van der Waals surface area contributed by atoms with Gasteiger partial charge in [-0.25, -0.2) is 14.8 Å². The van der Waals surface area contributed by atoms with Gasteiger partial charge in [0.2, 0.25) is 11.8 Å². The molecule has 2 heterocycles. The van der Waals surface area contributed by atoms with Crippen LogP contribution < -0.4 is 14.2 Å². The van der Waals surface area contributed by atoms with Crippen LogP contribution >= 0.6 is 11.6 Å². The van der Waals surface area contributed by atoms with E-state index in [0.717, 1.165) is 0 Å². The van der Waals surface area contributed by atoms with Gasteiger partial charge in [-0.1, -0.05) is 11.6 Å². The van der Waals surface area contributed by atoms with Crippen molar-refractivity contribution in [1.82, 2.24) is 9.97 Å². The van der Waals surface area contributed by atoms with Gasteiger partial charge in [0.1, 0.15) is 16.5 Å². The number of carboxylic acid groups (broad SMARTS) is 1. The van der Waals surface area contributed by atoms with Crippen molar-refractivity contribution in [1.29, 1.82) is 0 Å². The summed E-state index contributed by atoms with van der Waals surface area (Å²) in [6.07, 6.45) is 3.00. The standard InChI is InChI=1S/C21H19ClN2O5/c1-12(2)28-20-17(22)10-14(11-24-20)29-18-7-6-13(21(25)26)9-16(18)15-5-4-8-23-19(15)27-3/h4-12H,1-3H3,(H,25,26). The van der Waals surface area contributed by atoms with Crippen LogP contribution in [-0.2, 0) is 0 Å². The predicted octanol–water partition coefficient (Wildman–Crippen LogP) is 5.08. The van der Waals surface area contributed by atoms with Crippen LogP contribution in [0.15, 0.2) is 48.8 Å². The van der Waals surface area contributed by atoms with Crippen LogP contribution in [-0.4, -0.2) is 34.3 Å². The number of aromatic nitrogens is 2. The van der Waals surface area contributed by atoms with Crippen LogP contribution in [0, 0.1) is 0 Å². The van der Waals surface area contributed by atoms with E-state index in [4.69, 9.17) is 25.8 Å². The first-order valence-corrected chi connectivity index (χ1v) is 9.13. The van der Waals surface area contributed by atoms with Gasteiger partial charge < -0.3 is 19.3 Å². The Morgan fingerprint density at radius 1 is 1.10 bits per heavy atom. The van der Waals surface area contributed by atoms with Gasteiger partial charge in [0.15, 0.2) is 0 Å². The van der Waals surface area contributed by atoms with Gasteiger partial charge in [0.25, 0.3) is 0 Å². The third kappa shape index (κ3) is 4.75. The summed E-state index contributed by atoms with van der Waals surface area (Å²) in [4.78, 5) is 19.8. The van der Waals surface area contributed by atoms with Crippen LogP contribution in [0.2, 0.25) is 5.02 Å². The lowest BCUT2D eigenvalue weighted by Crippen LogP contribution is -2.07. The van der Waals surface area contributed by atoms with Crippen LogP contribution in [0.1, 0.15) is 24.2 Å². The lowest BCUT2D eigenvalue weighted by atomic mass is 10.0. The molecule has 1 N–H and O–H groups in total. The average molecular weight is 415 g/mol. The SMILES string of the molecule is COc1ncccc1-c1cc(C(=O)O)ccc1Oc1cnc(OC(C)C)c(Cl)c1. The Labute approximate surface area is 172 Å². The zero-order valence-corrected chi connectivity index (χ0v) is 16.8. The molecule has 2 aromatic heterocycles. The van der Waals surface area contributed by atoms with E-state index in [9.17, 15) is 9.90 Å². The molecular weight excluding hydrogens is 396 g/mol. The Morgan fingerprint density at radius 2 is 1.90 bits per heavy atom. The van der Waals surface area contributed by atoms with Crippen molar-refractivity contribution in [2.75, 3.05) is 7.11 Å². The summed E-state index contributed by atoms with van der Waals surface area (Å²) in [5.74, 6) is 0.372. The Morgan fingerprint density at radius 3 is 2.55 bits per heavy atom. The first-order chi connectivity index (χ1) is 13.9. The van der Waals surface area contributed by atoms with Crippen LogP contribution in [0.4, 0.5) is 0 Å². The Hall–Kier alpha value is -3.32. The third-order valence-corrected chi connectivity index (χ3v) is 4.11. The molecule has 0 amide bonds. The van der Waals surface area contributed by atoms with E-state index in [0.29, 0.717) is 39.4 Å². The molecule has 0 unspecified atom stereocenters. The van der Waals surface area contributed by atoms with Crippen molar-refractivity contribution in [2.24, 2.45) is 0 Å². The van der Waals surface area contributed by atoms with Crippen LogP contribution in [0.5, 0.6) is 23.3 Å². The molecule has 150 valence electrons. The smallest absolute Gasteiger partial charge is 0.335 e. The van der Waals surface area contributed by atoms with Crippen molar-refractivity contribution in [3.05, 3.63) is 59.4 Å². The minimum Gasteiger partial charge on any atom is -0.481 e. The fourth-order valence-corrected chi connectivity index (χ4v) is 2.82. The highest BCUT2D eigenvalue weighted by molar-refractivity contribution is 6.31. The van der Waals surface area contributed by atoms with Crippen molar-refractivity contribution in [2.45, 2.75) is 20.0 Å². The molecule has 29 heavy (non-hydrogen) atoms. The number of benzene rings is 1. The summed E-state index contributed by atoms with van der Waals surface area (Å²) < 4.78 is 16.8. The number of halogens is 1. The fraction of sp³-hybridized carbons (Fsp3) is 0.190. The van der Waals surface area contributed by atoms with Crippen LogP contribution in [0.25, 0.3) is 11.1 Å². The maximum atomic E-state index is 11.4. The summed E-state index contributed by atoms with van der Waals surface area (Å²) in [5, 5.41) is 9.68. The van der Waals surface area contributed by atoms with Crippen molar-refractivity contribution >= 4 is 17.6 Å². The molecule has 0 radical (unpaired) electrons. The highest BCUT2D eigenvalue weighted by Gasteiger charge is 2.17. The summed E-state index contributed by atoms with van der Waals surface area (Å²) in [7, 11) is 1.49. The fourth-order valence-electron chi connectivity index (χ4n) is 2.62. The number of hydrogen-bond acceptors (Lipinski definition) is 6. The zero-order chi connectivity index (χ0) is 21.0. The molecule has 0 atom stereocenters. The number of hydrogen-bond donors (Lipinski definition) is 1. The minimum absolute atomic E-state index is 0.0695. The van der Waals surface area contributed by atoms with E-state index in [1.165, 1.54) is 25.4 Å². The van der Waals surface area contributed by atoms with E-state index < -0.39 is 5.97 Å². The Bertz CT molecular complexity index is 1040. The Balaban J connectivity index is 2.03. The molecule has 3 aromatic rings. The Kier molecular flexibility index (Phi) is 6.19. The van der Waals surface area contributed by atoms with Crippen molar-refractivity contribution in [3.8, 4) is 34.4 Å². The van der Waals surface area contributed by atoms with Gasteiger partial charge in [-0.2, -0.15) is 0 Å². The number of pyridine rings is 2. The maximum absolute atomic E-state index is 11.4. The number of nitrogens with zero attached hydrogens (tertiary/aromatic N) is 2.